The van der Waals surface area contributed by atoms with Gasteiger partial charge in [-0.3, -0.25) is 0 Å². The Morgan fingerprint density at radius 3 is 2.62 bits per heavy atom. The second kappa shape index (κ2) is 4.59. The van der Waals surface area contributed by atoms with Crippen LogP contribution in [0.5, 0.6) is 0 Å². The third kappa shape index (κ3) is 2.68. The third-order valence-corrected chi connectivity index (χ3v) is 2.46. The maximum Gasteiger partial charge on any atom is 0.116 e. The van der Waals surface area contributed by atoms with Gasteiger partial charge in [-0.05, 0) is 20.0 Å². The number of nitrogens with zero attached hydrogens (tertiary/aromatic N) is 2. The molecule has 0 aromatic rings. The van der Waals surface area contributed by atoms with Gasteiger partial charge in [0.15, 0.2) is 0 Å². The Morgan fingerprint density at radius 2 is 2.23 bits per heavy atom. The van der Waals surface area contributed by atoms with E-state index < -0.39 is 0 Å². The summed E-state index contributed by atoms with van der Waals surface area (Å²) in [5.74, 6) is 0. The van der Waals surface area contributed by atoms with Crippen LogP contribution < -0.4 is 0 Å². The Kier molecular flexibility index (Phi) is 3.71. The average Bonchev–Trinajstić information content (AvgIpc) is 2.08. The van der Waals surface area contributed by atoms with Crippen LogP contribution in [0.25, 0.3) is 0 Å². The molecule has 3 heteroatoms. The topological polar surface area (TPSA) is 36.3 Å². The Bertz CT molecular complexity index is 194. The minimum atomic E-state index is -0.206. The molecule has 1 rings (SSSR count). The normalized spacial score (nSPS) is 19.5. The Hall–Kier alpha value is -0.590. The van der Waals surface area contributed by atoms with Crippen LogP contribution in [0.4, 0.5) is 0 Å². The Morgan fingerprint density at radius 1 is 1.54 bits per heavy atom. The van der Waals surface area contributed by atoms with E-state index >= 15 is 0 Å². The zero-order valence-electron chi connectivity index (χ0n) is 8.55. The van der Waals surface area contributed by atoms with Crippen molar-refractivity contribution in [1.82, 2.24) is 4.90 Å². The highest BCUT2D eigenvalue weighted by Crippen LogP contribution is 2.27. The molecular formula is C10H18N2O. The molecule has 13 heavy (non-hydrogen) atoms. The molecule has 0 N–H and O–H groups in total. The molecule has 1 heterocycles. The summed E-state index contributed by atoms with van der Waals surface area (Å²) < 4.78 is 5.09. The van der Waals surface area contributed by atoms with Crippen molar-refractivity contribution in [2.45, 2.75) is 19.8 Å². The van der Waals surface area contributed by atoms with E-state index in [-0.39, 0.29) is 5.41 Å². The van der Waals surface area contributed by atoms with Gasteiger partial charge in [-0.1, -0.05) is 13.3 Å². The molecule has 1 aliphatic heterocycles. The van der Waals surface area contributed by atoms with Gasteiger partial charge in [0.05, 0.1) is 19.3 Å². The van der Waals surface area contributed by atoms with Gasteiger partial charge in [0.2, 0.25) is 0 Å². The van der Waals surface area contributed by atoms with Crippen molar-refractivity contribution >= 4 is 0 Å². The second-order valence-electron chi connectivity index (χ2n) is 3.98. The van der Waals surface area contributed by atoms with E-state index in [0.717, 1.165) is 13.1 Å². The molecule has 0 radical (unpaired) electrons. The monoisotopic (exact) mass is 182 g/mol. The molecule has 1 fully saturated rings. The number of ether oxygens (including phenoxy) is 1. The quantitative estimate of drug-likeness (QED) is 0.642. The molecule has 0 bridgehead atoms. The summed E-state index contributed by atoms with van der Waals surface area (Å²) in [4.78, 5) is 2.23. The predicted octanol–water partition coefficient (Wildman–Crippen LogP) is 1.26. The zero-order valence-corrected chi connectivity index (χ0v) is 8.55. The van der Waals surface area contributed by atoms with Gasteiger partial charge < -0.3 is 9.64 Å². The van der Waals surface area contributed by atoms with Gasteiger partial charge in [-0.15, -0.1) is 0 Å². The highest BCUT2D eigenvalue weighted by Gasteiger charge is 2.39. The van der Waals surface area contributed by atoms with Crippen molar-refractivity contribution in [3.63, 3.8) is 0 Å². The lowest BCUT2D eigenvalue weighted by Gasteiger charge is -2.37. The number of nitriles is 1. The fourth-order valence-electron chi connectivity index (χ4n) is 1.56. The van der Waals surface area contributed by atoms with Gasteiger partial charge in [0, 0.05) is 6.54 Å². The van der Waals surface area contributed by atoms with E-state index in [1.165, 1.54) is 12.8 Å². The molecule has 0 aromatic carbocycles. The molecular weight excluding hydrogens is 164 g/mol. The first kappa shape index (κ1) is 10.5. The largest absolute Gasteiger partial charge is 0.378 e. The standard InChI is InChI=1S/C10H18N2O/c1-3-4-5-12(2)7-10(6-11)8-13-9-10/h3-5,7-9H2,1-2H3. The van der Waals surface area contributed by atoms with Crippen LogP contribution >= 0.6 is 0 Å². The fraction of sp³-hybridized carbons (Fsp3) is 0.900. The Balaban J connectivity index is 2.26. The number of unbranched alkanes of at least 4 members (excludes halogenated alkanes) is 1. The minimum Gasteiger partial charge on any atom is -0.378 e. The van der Waals surface area contributed by atoms with E-state index in [9.17, 15) is 0 Å². The summed E-state index contributed by atoms with van der Waals surface area (Å²) in [6, 6.07) is 2.36. The summed E-state index contributed by atoms with van der Waals surface area (Å²) in [7, 11) is 2.08. The average molecular weight is 182 g/mol. The highest BCUT2D eigenvalue weighted by atomic mass is 16.5. The summed E-state index contributed by atoms with van der Waals surface area (Å²) in [6.07, 6.45) is 2.42. The third-order valence-electron chi connectivity index (χ3n) is 2.46. The predicted molar refractivity (Wildman–Crippen MR) is 51.3 cm³/mol. The van der Waals surface area contributed by atoms with Gasteiger partial charge in [0.25, 0.3) is 0 Å². The maximum absolute atomic E-state index is 8.95. The van der Waals surface area contributed by atoms with E-state index in [1.54, 1.807) is 0 Å². The van der Waals surface area contributed by atoms with Crippen molar-refractivity contribution in [2.75, 3.05) is 33.4 Å². The van der Waals surface area contributed by atoms with Gasteiger partial charge in [-0.25, -0.2) is 0 Å². The SMILES string of the molecule is CCCCN(C)CC1(C#N)COC1. The number of rotatable bonds is 5. The minimum absolute atomic E-state index is 0.206. The molecule has 0 aromatic heterocycles. The first-order valence-corrected chi connectivity index (χ1v) is 4.90. The van der Waals surface area contributed by atoms with Crippen molar-refractivity contribution in [1.29, 1.82) is 5.26 Å². The molecule has 0 amide bonds. The first-order valence-electron chi connectivity index (χ1n) is 4.90. The molecule has 0 saturated carbocycles. The van der Waals surface area contributed by atoms with Gasteiger partial charge in [-0.2, -0.15) is 5.26 Å². The summed E-state index contributed by atoms with van der Waals surface area (Å²) >= 11 is 0. The first-order chi connectivity index (χ1) is 6.22. The van der Waals surface area contributed by atoms with E-state index in [4.69, 9.17) is 10.00 Å². The number of hydrogen-bond acceptors (Lipinski definition) is 3. The molecule has 1 saturated heterocycles. The molecule has 3 nitrogen and oxygen atoms in total. The van der Waals surface area contributed by atoms with Crippen LogP contribution in [0.1, 0.15) is 19.8 Å². The molecule has 0 atom stereocenters. The van der Waals surface area contributed by atoms with E-state index in [1.807, 2.05) is 0 Å². The van der Waals surface area contributed by atoms with Crippen LogP contribution in [-0.4, -0.2) is 38.3 Å². The highest BCUT2D eigenvalue weighted by molar-refractivity contribution is 5.05. The fourth-order valence-corrected chi connectivity index (χ4v) is 1.56. The van der Waals surface area contributed by atoms with Crippen LogP contribution in [0.2, 0.25) is 0 Å². The van der Waals surface area contributed by atoms with Crippen molar-refractivity contribution in [3.05, 3.63) is 0 Å². The molecule has 1 aliphatic rings. The summed E-state index contributed by atoms with van der Waals surface area (Å²) in [5, 5.41) is 8.95. The summed E-state index contributed by atoms with van der Waals surface area (Å²) in [6.45, 7) is 5.34. The van der Waals surface area contributed by atoms with Crippen LogP contribution in [-0.2, 0) is 4.74 Å². The van der Waals surface area contributed by atoms with Crippen LogP contribution in [0, 0.1) is 16.7 Å². The van der Waals surface area contributed by atoms with Crippen LogP contribution in [0.15, 0.2) is 0 Å². The van der Waals surface area contributed by atoms with Gasteiger partial charge in [0.1, 0.15) is 5.41 Å². The van der Waals surface area contributed by atoms with Crippen LogP contribution in [0.3, 0.4) is 0 Å². The van der Waals surface area contributed by atoms with E-state index in [2.05, 4.69) is 24.9 Å². The lowest BCUT2D eigenvalue weighted by atomic mass is 9.87. The maximum atomic E-state index is 8.95. The van der Waals surface area contributed by atoms with E-state index in [0.29, 0.717) is 13.2 Å². The molecule has 0 spiro atoms. The lowest BCUT2D eigenvalue weighted by molar-refractivity contribution is -0.0888. The number of hydrogen-bond donors (Lipinski definition) is 0. The molecule has 0 unspecified atom stereocenters. The molecule has 74 valence electrons. The van der Waals surface area contributed by atoms with Crippen molar-refractivity contribution in [2.24, 2.45) is 5.41 Å². The Labute approximate surface area is 80.3 Å². The van der Waals surface area contributed by atoms with Crippen molar-refractivity contribution < 1.29 is 4.74 Å². The zero-order chi connectivity index (χ0) is 9.73. The lowest BCUT2D eigenvalue weighted by Crippen LogP contribution is -2.49. The summed E-state index contributed by atoms with van der Waals surface area (Å²) in [5.41, 5.74) is -0.206. The van der Waals surface area contributed by atoms with Gasteiger partial charge >= 0.3 is 0 Å². The smallest absolute Gasteiger partial charge is 0.116 e. The van der Waals surface area contributed by atoms with Crippen molar-refractivity contribution in [3.8, 4) is 6.07 Å². The second-order valence-corrected chi connectivity index (χ2v) is 3.98. The molecule has 0 aliphatic carbocycles.